The zero-order chi connectivity index (χ0) is 21.9. The number of halogens is 1. The minimum Gasteiger partial charge on any atom is -0.395 e. The molecule has 0 aliphatic carbocycles. The number of benzene rings is 2. The Balaban J connectivity index is 1.55. The lowest BCUT2D eigenvalue weighted by atomic mass is 10.3. The molecule has 2 N–H and O–H groups in total. The molecule has 164 valence electrons. The summed E-state index contributed by atoms with van der Waals surface area (Å²) < 4.78 is 1.84. The molecule has 1 saturated heterocycles. The number of nitrogens with zero attached hydrogens (tertiary/aromatic N) is 6. The van der Waals surface area contributed by atoms with Gasteiger partial charge in [0.15, 0.2) is 5.65 Å². The van der Waals surface area contributed by atoms with E-state index in [9.17, 15) is 5.11 Å². The Morgan fingerprint density at radius 3 is 2.41 bits per heavy atom. The van der Waals surface area contributed by atoms with Crippen LogP contribution in [0.15, 0.2) is 60.8 Å². The van der Waals surface area contributed by atoms with Crippen LogP contribution in [0.1, 0.15) is 0 Å². The maximum atomic E-state index is 9.22. The van der Waals surface area contributed by atoms with E-state index < -0.39 is 0 Å². The zero-order valence-corrected chi connectivity index (χ0v) is 18.3. The van der Waals surface area contributed by atoms with Gasteiger partial charge < -0.3 is 15.3 Å². The van der Waals surface area contributed by atoms with Crippen molar-refractivity contribution < 1.29 is 5.11 Å². The third-order valence-corrected chi connectivity index (χ3v) is 5.85. The van der Waals surface area contributed by atoms with Crippen molar-refractivity contribution in [3.63, 3.8) is 0 Å². The van der Waals surface area contributed by atoms with Crippen LogP contribution in [0.3, 0.4) is 0 Å². The largest absolute Gasteiger partial charge is 0.395 e. The molecule has 0 radical (unpaired) electrons. The fraction of sp³-hybridized carbons (Fsp3) is 0.261. The monoisotopic (exact) mass is 449 g/mol. The number of aromatic nitrogens is 4. The van der Waals surface area contributed by atoms with Crippen molar-refractivity contribution in [3.05, 3.63) is 65.8 Å². The molecule has 0 unspecified atom stereocenters. The van der Waals surface area contributed by atoms with Gasteiger partial charge in [0, 0.05) is 43.4 Å². The van der Waals surface area contributed by atoms with Gasteiger partial charge in [0.2, 0.25) is 5.95 Å². The molecule has 0 atom stereocenters. The second-order valence-corrected chi connectivity index (χ2v) is 8.12. The summed E-state index contributed by atoms with van der Waals surface area (Å²) in [6, 6.07) is 17.5. The van der Waals surface area contributed by atoms with Gasteiger partial charge >= 0.3 is 0 Å². The topological polar surface area (TPSA) is 82.3 Å². The maximum Gasteiger partial charge on any atom is 0.229 e. The Kier molecular flexibility index (Phi) is 5.89. The lowest BCUT2D eigenvalue weighted by molar-refractivity contribution is 0.188. The minimum atomic E-state index is 0.174. The van der Waals surface area contributed by atoms with Crippen LogP contribution in [0.2, 0.25) is 5.02 Å². The van der Waals surface area contributed by atoms with Crippen LogP contribution in [-0.4, -0.2) is 69.1 Å². The molecular weight excluding hydrogens is 426 g/mol. The number of fused-ring (bicyclic) bond motifs is 1. The Hall–Kier alpha value is -3.20. The van der Waals surface area contributed by atoms with Crippen molar-refractivity contribution >= 4 is 40.1 Å². The first kappa shape index (κ1) is 20.7. The van der Waals surface area contributed by atoms with Crippen LogP contribution < -0.4 is 10.2 Å². The number of piperazine rings is 1. The summed E-state index contributed by atoms with van der Waals surface area (Å²) in [5.74, 6) is 1.36. The van der Waals surface area contributed by atoms with Crippen molar-refractivity contribution in [1.29, 1.82) is 0 Å². The lowest BCUT2D eigenvalue weighted by Gasteiger charge is -2.34. The van der Waals surface area contributed by atoms with Gasteiger partial charge in [0.1, 0.15) is 5.82 Å². The Morgan fingerprint density at radius 1 is 0.938 bits per heavy atom. The van der Waals surface area contributed by atoms with E-state index in [4.69, 9.17) is 21.6 Å². The Morgan fingerprint density at radius 2 is 1.69 bits per heavy atom. The highest BCUT2D eigenvalue weighted by Crippen LogP contribution is 2.28. The number of para-hydroxylation sites is 1. The number of nitrogens with one attached hydrogen (secondary N) is 1. The average molecular weight is 450 g/mol. The predicted octanol–water partition coefficient (Wildman–Crippen LogP) is 3.33. The van der Waals surface area contributed by atoms with Gasteiger partial charge in [-0.1, -0.05) is 29.8 Å². The number of aliphatic hydroxyl groups excluding tert-OH is 1. The third kappa shape index (κ3) is 4.25. The Bertz CT molecular complexity index is 1190. The molecule has 8 nitrogen and oxygen atoms in total. The molecule has 32 heavy (non-hydrogen) atoms. The third-order valence-electron chi connectivity index (χ3n) is 5.60. The molecule has 9 heteroatoms. The minimum absolute atomic E-state index is 0.174. The number of hydrogen-bond donors (Lipinski definition) is 2. The quantitative estimate of drug-likeness (QED) is 0.467. The average Bonchev–Trinajstić information content (AvgIpc) is 3.26. The van der Waals surface area contributed by atoms with Gasteiger partial charge in [-0.05, 0) is 36.4 Å². The first-order valence-corrected chi connectivity index (χ1v) is 11.0. The number of rotatable bonds is 6. The van der Waals surface area contributed by atoms with Crippen molar-refractivity contribution in [3.8, 4) is 5.69 Å². The van der Waals surface area contributed by atoms with Crippen molar-refractivity contribution in [2.24, 2.45) is 0 Å². The lowest BCUT2D eigenvalue weighted by Crippen LogP contribution is -2.47. The molecule has 1 aliphatic rings. The molecule has 2 aromatic heterocycles. The van der Waals surface area contributed by atoms with Crippen molar-refractivity contribution in [2.45, 2.75) is 0 Å². The first-order valence-electron chi connectivity index (χ1n) is 10.6. The number of β-amino-alcohol motifs (C(OH)–C–C–N with tert-alkyl or cyclic N) is 1. The molecule has 4 aromatic rings. The van der Waals surface area contributed by atoms with Gasteiger partial charge in [0.25, 0.3) is 0 Å². The second kappa shape index (κ2) is 9.12. The number of aliphatic hydroxyl groups is 1. The van der Waals surface area contributed by atoms with E-state index in [0.29, 0.717) is 23.3 Å². The first-order chi connectivity index (χ1) is 15.7. The van der Waals surface area contributed by atoms with Gasteiger partial charge in [-0.3, -0.25) is 4.90 Å². The van der Waals surface area contributed by atoms with E-state index in [1.54, 1.807) is 6.20 Å². The fourth-order valence-corrected chi connectivity index (χ4v) is 4.00. The molecule has 3 heterocycles. The van der Waals surface area contributed by atoms with Crippen LogP contribution >= 0.6 is 11.6 Å². The van der Waals surface area contributed by atoms with Crippen LogP contribution in [-0.2, 0) is 0 Å². The van der Waals surface area contributed by atoms with Crippen LogP contribution in [0, 0.1) is 0 Å². The highest BCUT2D eigenvalue weighted by molar-refractivity contribution is 6.30. The van der Waals surface area contributed by atoms with E-state index in [2.05, 4.69) is 20.2 Å². The van der Waals surface area contributed by atoms with E-state index in [1.165, 1.54) is 0 Å². The van der Waals surface area contributed by atoms with Crippen molar-refractivity contribution in [1.82, 2.24) is 24.6 Å². The van der Waals surface area contributed by atoms with Crippen molar-refractivity contribution in [2.75, 3.05) is 49.5 Å². The summed E-state index contributed by atoms with van der Waals surface area (Å²) in [5, 5.41) is 18.8. The number of anilines is 3. The normalized spacial score (nSPS) is 14.8. The molecule has 0 saturated carbocycles. The van der Waals surface area contributed by atoms with Crippen LogP contribution in [0.4, 0.5) is 17.5 Å². The molecule has 0 amide bonds. The summed E-state index contributed by atoms with van der Waals surface area (Å²) in [6.07, 6.45) is 1.80. The summed E-state index contributed by atoms with van der Waals surface area (Å²) in [6.45, 7) is 4.18. The van der Waals surface area contributed by atoms with Crippen LogP contribution in [0.25, 0.3) is 16.7 Å². The highest BCUT2D eigenvalue weighted by atomic mass is 35.5. The smallest absolute Gasteiger partial charge is 0.229 e. The van der Waals surface area contributed by atoms with E-state index in [0.717, 1.165) is 48.6 Å². The van der Waals surface area contributed by atoms with E-state index in [1.807, 2.05) is 59.3 Å². The molecule has 0 spiro atoms. The predicted molar refractivity (Wildman–Crippen MR) is 127 cm³/mol. The van der Waals surface area contributed by atoms with E-state index in [-0.39, 0.29) is 6.61 Å². The summed E-state index contributed by atoms with van der Waals surface area (Å²) in [7, 11) is 0. The van der Waals surface area contributed by atoms with Gasteiger partial charge in [-0.25, -0.2) is 4.68 Å². The Labute approximate surface area is 191 Å². The number of hydrogen-bond acceptors (Lipinski definition) is 7. The molecule has 0 bridgehead atoms. The van der Waals surface area contributed by atoms with Gasteiger partial charge in [-0.15, -0.1) is 0 Å². The molecule has 2 aromatic carbocycles. The molecular formula is C23H24ClN7O. The summed E-state index contributed by atoms with van der Waals surface area (Å²) in [5.41, 5.74) is 2.58. The molecule has 1 aliphatic heterocycles. The maximum absolute atomic E-state index is 9.22. The molecule has 1 fully saturated rings. The van der Waals surface area contributed by atoms with Gasteiger partial charge in [0.05, 0.1) is 23.9 Å². The van der Waals surface area contributed by atoms with Crippen LogP contribution in [0.5, 0.6) is 0 Å². The fourth-order valence-electron chi connectivity index (χ4n) is 3.87. The van der Waals surface area contributed by atoms with Gasteiger partial charge in [-0.2, -0.15) is 15.1 Å². The zero-order valence-electron chi connectivity index (χ0n) is 17.5. The summed E-state index contributed by atoms with van der Waals surface area (Å²) in [4.78, 5) is 14.2. The standard InChI is InChI=1S/C23H24ClN7O/c24-17-6-8-18(9-7-17)26-21-20-16-25-31(19-4-2-1-3-5-19)22(20)28-23(27-21)30-12-10-29(11-13-30)14-15-32/h1-9,16,32H,10-15H2,(H,26,27,28). The highest BCUT2D eigenvalue weighted by Gasteiger charge is 2.22. The second-order valence-electron chi connectivity index (χ2n) is 7.69. The molecule has 5 rings (SSSR count). The summed E-state index contributed by atoms with van der Waals surface area (Å²) >= 11 is 6.05. The van der Waals surface area contributed by atoms with E-state index >= 15 is 0 Å². The SMILES string of the molecule is OCCN1CCN(c2nc(Nc3ccc(Cl)cc3)c3cnn(-c4ccccc4)c3n2)CC1.